The molecule has 1 aliphatic rings. The van der Waals surface area contributed by atoms with Crippen molar-refractivity contribution in [2.45, 2.75) is 19.3 Å². The first kappa shape index (κ1) is 9.97. The van der Waals surface area contributed by atoms with E-state index in [1.165, 1.54) is 18.7 Å². The molecule has 1 saturated carbocycles. The zero-order valence-corrected chi connectivity index (χ0v) is 8.72. The van der Waals surface area contributed by atoms with Crippen molar-refractivity contribution in [3.8, 4) is 0 Å². The Labute approximate surface area is 89.6 Å². The van der Waals surface area contributed by atoms with Gasteiger partial charge in [0.05, 0.1) is 6.26 Å². The first-order valence-corrected chi connectivity index (χ1v) is 5.16. The molecule has 0 unspecified atom stereocenters. The van der Waals surface area contributed by atoms with Crippen LogP contribution in [0, 0.1) is 5.92 Å². The number of ether oxygens (including phenoxy) is 1. The highest BCUT2D eigenvalue weighted by Crippen LogP contribution is 2.48. The van der Waals surface area contributed by atoms with E-state index in [-0.39, 0.29) is 5.97 Å². The van der Waals surface area contributed by atoms with Gasteiger partial charge in [-0.15, -0.1) is 0 Å². The Morgan fingerprint density at radius 2 is 2.13 bits per heavy atom. The fourth-order valence-corrected chi connectivity index (χ4v) is 1.75. The van der Waals surface area contributed by atoms with Crippen LogP contribution in [-0.2, 0) is 9.53 Å². The second kappa shape index (κ2) is 4.30. The molecule has 1 aliphatic carbocycles. The van der Waals surface area contributed by atoms with Crippen LogP contribution in [0.4, 0.5) is 0 Å². The topological polar surface area (TPSA) is 26.3 Å². The molecule has 1 aromatic rings. The number of allylic oxidation sites excluding steroid dienone is 1. The highest BCUT2D eigenvalue weighted by Gasteiger charge is 2.35. The molecule has 1 aromatic carbocycles. The molecule has 0 aromatic heterocycles. The van der Waals surface area contributed by atoms with Gasteiger partial charge < -0.3 is 4.74 Å². The number of hydrogen-bond donors (Lipinski definition) is 0. The van der Waals surface area contributed by atoms with Crippen molar-refractivity contribution < 1.29 is 9.53 Å². The predicted molar refractivity (Wildman–Crippen MR) is 58.2 cm³/mol. The maximum absolute atomic E-state index is 10.5. The van der Waals surface area contributed by atoms with E-state index in [4.69, 9.17) is 4.74 Å². The van der Waals surface area contributed by atoms with Crippen LogP contribution in [0.5, 0.6) is 0 Å². The lowest BCUT2D eigenvalue weighted by Gasteiger charge is -1.96. The molecule has 0 saturated heterocycles. The third-order valence-electron chi connectivity index (χ3n) is 2.63. The number of carbonyl (C=O) groups excluding carboxylic acids is 1. The number of rotatable bonds is 3. The Kier molecular flexibility index (Phi) is 2.86. The Morgan fingerprint density at radius 3 is 2.80 bits per heavy atom. The van der Waals surface area contributed by atoms with Gasteiger partial charge in [0.1, 0.15) is 0 Å². The van der Waals surface area contributed by atoms with Crippen molar-refractivity contribution in [3.05, 3.63) is 48.2 Å². The second-order valence-electron chi connectivity index (χ2n) is 3.85. The Bertz CT molecular complexity index is 367. The summed E-state index contributed by atoms with van der Waals surface area (Å²) in [4.78, 5) is 10.5. The van der Waals surface area contributed by atoms with Crippen molar-refractivity contribution in [1.29, 1.82) is 0 Å². The van der Waals surface area contributed by atoms with Crippen molar-refractivity contribution in [2.24, 2.45) is 5.92 Å². The molecule has 0 bridgehead atoms. The monoisotopic (exact) mass is 202 g/mol. The maximum atomic E-state index is 10.5. The smallest absolute Gasteiger partial charge is 0.307 e. The van der Waals surface area contributed by atoms with E-state index in [1.807, 2.05) is 12.1 Å². The molecule has 0 aliphatic heterocycles. The van der Waals surface area contributed by atoms with Crippen molar-refractivity contribution in [2.75, 3.05) is 0 Å². The van der Waals surface area contributed by atoms with Gasteiger partial charge in [-0.3, -0.25) is 4.79 Å². The van der Waals surface area contributed by atoms with E-state index in [0.717, 1.165) is 6.42 Å². The quantitative estimate of drug-likeness (QED) is 0.556. The minimum atomic E-state index is -0.261. The van der Waals surface area contributed by atoms with Gasteiger partial charge in [-0.2, -0.15) is 0 Å². The molecule has 78 valence electrons. The molecule has 1 fully saturated rings. The van der Waals surface area contributed by atoms with E-state index < -0.39 is 0 Å². The van der Waals surface area contributed by atoms with Gasteiger partial charge in [0.2, 0.25) is 0 Å². The molecule has 0 spiro atoms. The molecule has 2 heteroatoms. The first-order valence-electron chi connectivity index (χ1n) is 5.16. The van der Waals surface area contributed by atoms with E-state index >= 15 is 0 Å². The lowest BCUT2D eigenvalue weighted by atomic mass is 10.1. The highest BCUT2D eigenvalue weighted by atomic mass is 16.5. The van der Waals surface area contributed by atoms with Gasteiger partial charge in [0, 0.05) is 6.92 Å². The predicted octanol–water partition coefficient (Wildman–Crippen LogP) is 2.87. The lowest BCUT2D eigenvalue weighted by Crippen LogP contribution is -1.89. The van der Waals surface area contributed by atoms with E-state index in [9.17, 15) is 4.79 Å². The zero-order chi connectivity index (χ0) is 10.7. The summed E-state index contributed by atoms with van der Waals surface area (Å²) in [5.41, 5.74) is 1.37. The van der Waals surface area contributed by atoms with E-state index in [0.29, 0.717) is 11.8 Å². The third-order valence-corrected chi connectivity index (χ3v) is 2.63. The Balaban J connectivity index is 1.86. The largest absolute Gasteiger partial charge is 0.435 e. The van der Waals surface area contributed by atoms with Crippen LogP contribution in [0.25, 0.3) is 0 Å². The molecular formula is C13H14O2. The Hall–Kier alpha value is -1.57. The summed E-state index contributed by atoms with van der Waals surface area (Å²) >= 11 is 0. The van der Waals surface area contributed by atoms with Crippen LogP contribution >= 0.6 is 0 Å². The van der Waals surface area contributed by atoms with Gasteiger partial charge in [0.15, 0.2) is 0 Å². The molecule has 2 atom stereocenters. The van der Waals surface area contributed by atoms with Crippen LogP contribution in [0.2, 0.25) is 0 Å². The normalized spacial score (nSPS) is 24.1. The zero-order valence-electron chi connectivity index (χ0n) is 8.72. The summed E-state index contributed by atoms with van der Waals surface area (Å²) in [6, 6.07) is 10.4. The fraction of sp³-hybridized carbons (Fsp3) is 0.308. The summed E-state index contributed by atoms with van der Waals surface area (Å²) in [6.45, 7) is 1.41. The summed E-state index contributed by atoms with van der Waals surface area (Å²) in [5.74, 6) is 0.882. The third kappa shape index (κ3) is 2.69. The summed E-state index contributed by atoms with van der Waals surface area (Å²) in [6.07, 6.45) is 4.64. The first-order chi connectivity index (χ1) is 7.27. The van der Waals surface area contributed by atoms with E-state index in [1.54, 1.807) is 0 Å². The van der Waals surface area contributed by atoms with Gasteiger partial charge >= 0.3 is 5.97 Å². The van der Waals surface area contributed by atoms with Crippen molar-refractivity contribution in [3.63, 3.8) is 0 Å². The van der Waals surface area contributed by atoms with Gasteiger partial charge in [-0.05, 0) is 29.9 Å². The highest BCUT2D eigenvalue weighted by molar-refractivity contribution is 5.66. The molecule has 0 radical (unpaired) electrons. The van der Waals surface area contributed by atoms with Crippen LogP contribution < -0.4 is 0 Å². The van der Waals surface area contributed by atoms with Gasteiger partial charge in [-0.1, -0.05) is 30.3 Å². The molecule has 15 heavy (non-hydrogen) atoms. The van der Waals surface area contributed by atoms with E-state index in [2.05, 4.69) is 24.3 Å². The number of esters is 1. The average Bonchev–Trinajstić information content (AvgIpc) is 2.98. The SMILES string of the molecule is CC(=O)O/C=C\[C@H]1C[C@H]1c1ccccc1. The molecule has 0 heterocycles. The number of benzene rings is 1. The van der Waals surface area contributed by atoms with Gasteiger partial charge in [-0.25, -0.2) is 0 Å². The summed E-state index contributed by atoms with van der Waals surface area (Å²) in [5, 5.41) is 0. The summed E-state index contributed by atoms with van der Waals surface area (Å²) in [7, 11) is 0. The van der Waals surface area contributed by atoms with Crippen molar-refractivity contribution >= 4 is 5.97 Å². The van der Waals surface area contributed by atoms with Crippen LogP contribution in [0.1, 0.15) is 24.8 Å². The maximum Gasteiger partial charge on any atom is 0.307 e. The molecule has 2 nitrogen and oxygen atoms in total. The van der Waals surface area contributed by atoms with Gasteiger partial charge in [0.25, 0.3) is 0 Å². The minimum absolute atomic E-state index is 0.261. The van der Waals surface area contributed by atoms with Crippen LogP contribution in [-0.4, -0.2) is 5.97 Å². The fourth-order valence-electron chi connectivity index (χ4n) is 1.75. The standard InChI is InChI=1S/C13H14O2/c1-10(14)15-8-7-12-9-13(12)11-5-3-2-4-6-11/h2-8,12-13H,9H2,1H3/b8-7-/t12-,13-/m0/s1. The minimum Gasteiger partial charge on any atom is -0.435 e. The molecule has 2 rings (SSSR count). The molecular weight excluding hydrogens is 188 g/mol. The molecule has 0 N–H and O–H groups in total. The van der Waals surface area contributed by atoms with Crippen molar-refractivity contribution in [1.82, 2.24) is 0 Å². The van der Waals surface area contributed by atoms with Crippen LogP contribution in [0.15, 0.2) is 42.7 Å². The van der Waals surface area contributed by atoms with Crippen LogP contribution in [0.3, 0.4) is 0 Å². The number of hydrogen-bond acceptors (Lipinski definition) is 2. The summed E-state index contributed by atoms with van der Waals surface area (Å²) < 4.78 is 4.76. The number of carbonyl (C=O) groups is 1. The Morgan fingerprint density at radius 1 is 1.40 bits per heavy atom. The second-order valence-corrected chi connectivity index (χ2v) is 3.85. The average molecular weight is 202 g/mol. The molecule has 0 amide bonds. The lowest BCUT2D eigenvalue weighted by molar-refractivity contribution is -0.135.